The summed E-state index contributed by atoms with van der Waals surface area (Å²) in [5.41, 5.74) is 0. The summed E-state index contributed by atoms with van der Waals surface area (Å²) in [5, 5.41) is 0. The first-order valence-electron chi connectivity index (χ1n) is 1.58. The molecule has 0 aliphatic carbocycles. The number of halogens is 3. The largest absolute Gasteiger partial charge is 4.00 e. The van der Waals surface area contributed by atoms with Crippen LogP contribution in [0.15, 0.2) is 18.2 Å². The fraction of sp³-hybridized carbons (Fsp3) is 0.200. The summed E-state index contributed by atoms with van der Waals surface area (Å²) in [7, 11) is 0. The van der Waals surface area contributed by atoms with E-state index in [4.69, 9.17) is 6.58 Å². The van der Waals surface area contributed by atoms with Crippen LogP contribution >= 0.6 is 0 Å². The average molecular weight is 355 g/mol. The molecule has 0 heterocycles. The summed E-state index contributed by atoms with van der Waals surface area (Å²) >= 11 is 0. The molecule has 52 valence electrons. The smallest absolute Gasteiger partial charge is 1.00 e. The predicted molar refractivity (Wildman–Crippen MR) is 23.7 cm³/mol. The maximum absolute atomic E-state index is 4.93. The maximum atomic E-state index is 4.93. The van der Waals surface area contributed by atoms with Crippen molar-refractivity contribution < 1.29 is 72.7 Å². The quantitative estimate of drug-likeness (QED) is 0.249. The minimum absolute atomic E-state index is 0. The van der Waals surface area contributed by atoms with Gasteiger partial charge in [0, 0.05) is 0 Å². The molecule has 4 heteroatoms. The molecule has 0 aromatic rings. The van der Waals surface area contributed by atoms with Crippen LogP contribution in [0, 0.1) is 6.58 Å². The summed E-state index contributed by atoms with van der Waals surface area (Å²) in [4.78, 5) is 0. The van der Waals surface area contributed by atoms with Crippen LogP contribution in [-0.4, -0.2) is 0 Å². The Morgan fingerprint density at radius 1 is 1.11 bits per heavy atom. The first kappa shape index (κ1) is 31.1. The molecule has 0 rings (SSSR count). The molecular weight excluding hydrogens is 348 g/mol. The Balaban J connectivity index is -0.0000000133. The standard InChI is InChI=1S/C5H7.3BrH.Ti/c1-3-5-4-2;;;;/h1,3-5H,2H3;3*1H;/q-1;;;;+4/p-3. The minimum atomic E-state index is 0. The first-order valence-corrected chi connectivity index (χ1v) is 1.58. The first-order chi connectivity index (χ1) is 2.41. The van der Waals surface area contributed by atoms with Crippen LogP contribution in [0.25, 0.3) is 0 Å². The Labute approximate surface area is 103 Å². The van der Waals surface area contributed by atoms with E-state index in [2.05, 4.69) is 0 Å². The van der Waals surface area contributed by atoms with E-state index in [1.807, 2.05) is 13.0 Å². The summed E-state index contributed by atoms with van der Waals surface area (Å²) in [6.07, 6.45) is 5.15. The van der Waals surface area contributed by atoms with Gasteiger partial charge in [-0.15, -0.1) is 0 Å². The molecule has 0 atom stereocenters. The molecule has 0 spiro atoms. The van der Waals surface area contributed by atoms with Gasteiger partial charge in [0.15, 0.2) is 0 Å². The van der Waals surface area contributed by atoms with Gasteiger partial charge in [0.05, 0.1) is 0 Å². The van der Waals surface area contributed by atoms with Gasteiger partial charge in [0.1, 0.15) is 0 Å². The third-order valence-corrected chi connectivity index (χ3v) is 0.304. The normalized spacial score (nSPS) is 5.00. The zero-order valence-corrected chi connectivity index (χ0v) is 11.3. The topological polar surface area (TPSA) is 0 Å². The van der Waals surface area contributed by atoms with E-state index in [0.717, 1.165) is 0 Å². The van der Waals surface area contributed by atoms with Crippen molar-refractivity contribution in [2.75, 3.05) is 0 Å². The molecule has 0 amide bonds. The van der Waals surface area contributed by atoms with Crippen LogP contribution in [0.5, 0.6) is 0 Å². The van der Waals surface area contributed by atoms with E-state index >= 15 is 0 Å². The SMILES string of the molecule is [Br-].[Br-].[Br-].[CH-]=CC=CC.[Ti+4]. The minimum Gasteiger partial charge on any atom is -1.00 e. The molecule has 0 saturated heterocycles. The van der Waals surface area contributed by atoms with E-state index in [1.54, 1.807) is 6.08 Å². The second-order valence-electron chi connectivity index (χ2n) is 0.718. The van der Waals surface area contributed by atoms with Crippen molar-refractivity contribution in [2.24, 2.45) is 0 Å². The molecule has 0 aliphatic heterocycles. The van der Waals surface area contributed by atoms with E-state index in [-0.39, 0.29) is 72.7 Å². The Morgan fingerprint density at radius 3 is 1.44 bits per heavy atom. The van der Waals surface area contributed by atoms with Crippen LogP contribution < -0.4 is 50.9 Å². The van der Waals surface area contributed by atoms with Crippen LogP contribution in [0.1, 0.15) is 6.92 Å². The molecule has 0 saturated carbocycles. The van der Waals surface area contributed by atoms with Gasteiger partial charge in [-0.3, -0.25) is 6.58 Å². The predicted octanol–water partition coefficient (Wildman–Crippen LogP) is -7.44. The van der Waals surface area contributed by atoms with Gasteiger partial charge in [-0.1, -0.05) is 6.92 Å². The van der Waals surface area contributed by atoms with Crippen LogP contribution in [0.2, 0.25) is 0 Å². The van der Waals surface area contributed by atoms with Crippen molar-refractivity contribution in [3.63, 3.8) is 0 Å². The molecule has 0 bridgehead atoms. The molecule has 0 radical (unpaired) electrons. The number of allylic oxidation sites excluding steroid dienone is 3. The van der Waals surface area contributed by atoms with Gasteiger partial charge >= 0.3 is 21.7 Å². The molecule has 0 fully saturated rings. The molecule has 0 aromatic heterocycles. The molecular formula is C5H7Br3Ti. The molecule has 0 nitrogen and oxygen atoms in total. The second-order valence-corrected chi connectivity index (χ2v) is 0.718. The molecule has 0 aromatic carbocycles. The van der Waals surface area contributed by atoms with E-state index in [1.165, 1.54) is 6.08 Å². The Morgan fingerprint density at radius 2 is 1.44 bits per heavy atom. The second kappa shape index (κ2) is 33.4. The summed E-state index contributed by atoms with van der Waals surface area (Å²) in [6.45, 7) is 6.85. The van der Waals surface area contributed by atoms with Gasteiger partial charge < -0.3 is 50.9 Å². The van der Waals surface area contributed by atoms with Gasteiger partial charge in [-0.2, -0.15) is 6.08 Å². The Kier molecular flexibility index (Phi) is 116. The van der Waals surface area contributed by atoms with Crippen molar-refractivity contribution in [3.05, 3.63) is 24.8 Å². The van der Waals surface area contributed by atoms with Crippen molar-refractivity contribution in [1.29, 1.82) is 0 Å². The van der Waals surface area contributed by atoms with Crippen LogP contribution in [-0.2, 0) is 21.7 Å². The molecule has 9 heavy (non-hydrogen) atoms. The van der Waals surface area contributed by atoms with Crippen molar-refractivity contribution in [3.8, 4) is 0 Å². The third kappa shape index (κ3) is 42.5. The van der Waals surface area contributed by atoms with Crippen molar-refractivity contribution in [1.82, 2.24) is 0 Å². The zero-order valence-electron chi connectivity index (χ0n) is 4.94. The van der Waals surface area contributed by atoms with Crippen LogP contribution in [0.3, 0.4) is 0 Å². The summed E-state index contributed by atoms with van der Waals surface area (Å²) in [5.74, 6) is 0. The van der Waals surface area contributed by atoms with Crippen molar-refractivity contribution >= 4 is 0 Å². The van der Waals surface area contributed by atoms with Crippen LogP contribution in [0.4, 0.5) is 0 Å². The summed E-state index contributed by atoms with van der Waals surface area (Å²) < 4.78 is 0. The fourth-order valence-electron chi connectivity index (χ4n) is 0.111. The van der Waals surface area contributed by atoms with Gasteiger partial charge in [0.25, 0.3) is 0 Å². The Bertz CT molecular complexity index is 54.2. The van der Waals surface area contributed by atoms with E-state index in [0.29, 0.717) is 0 Å². The van der Waals surface area contributed by atoms with Gasteiger partial charge in [0.2, 0.25) is 0 Å². The number of hydrogen-bond donors (Lipinski definition) is 0. The zero-order chi connectivity index (χ0) is 4.12. The van der Waals surface area contributed by atoms with E-state index < -0.39 is 0 Å². The average Bonchev–Trinajstić information content (AvgIpc) is 1.41. The monoisotopic (exact) mass is 352 g/mol. The Hall–Kier alpha value is 1.63. The van der Waals surface area contributed by atoms with Gasteiger partial charge in [-0.25, -0.2) is 12.2 Å². The maximum Gasteiger partial charge on any atom is 4.00 e. The van der Waals surface area contributed by atoms with Crippen molar-refractivity contribution in [2.45, 2.75) is 6.92 Å². The fourth-order valence-corrected chi connectivity index (χ4v) is 0.111. The van der Waals surface area contributed by atoms with Gasteiger partial charge in [-0.05, 0) is 0 Å². The molecule has 0 N–H and O–H groups in total. The van der Waals surface area contributed by atoms with E-state index in [9.17, 15) is 0 Å². The molecule has 0 aliphatic rings. The number of rotatable bonds is 1. The molecule has 0 unspecified atom stereocenters. The number of hydrogen-bond acceptors (Lipinski definition) is 0. The summed E-state index contributed by atoms with van der Waals surface area (Å²) in [6, 6.07) is 0. The third-order valence-electron chi connectivity index (χ3n) is 0.304.